The second-order valence-electron chi connectivity index (χ2n) is 6.30. The fourth-order valence-corrected chi connectivity index (χ4v) is 3.40. The van der Waals surface area contributed by atoms with Gasteiger partial charge in [0, 0.05) is 44.9 Å². The molecule has 0 aromatic rings. The van der Waals surface area contributed by atoms with E-state index in [1.165, 1.54) is 0 Å². The van der Waals surface area contributed by atoms with Crippen molar-refractivity contribution in [3.05, 3.63) is 0 Å². The summed E-state index contributed by atoms with van der Waals surface area (Å²) in [5.74, 6) is 0. The van der Waals surface area contributed by atoms with Gasteiger partial charge in [0.1, 0.15) is 0 Å². The number of nitrogens with zero attached hydrogens (tertiary/aromatic N) is 2. The van der Waals surface area contributed by atoms with Crippen LogP contribution in [0.2, 0.25) is 0 Å². The van der Waals surface area contributed by atoms with Crippen LogP contribution in [0, 0.1) is 0 Å². The number of hydrogen-bond acceptors (Lipinski definition) is 4. The van der Waals surface area contributed by atoms with E-state index in [4.69, 9.17) is 10.5 Å². The molecule has 2 fully saturated rings. The molecule has 2 aliphatic heterocycles. The zero-order chi connectivity index (χ0) is 13.2. The molecule has 0 bridgehead atoms. The Kier molecular flexibility index (Phi) is 4.32. The van der Waals surface area contributed by atoms with Crippen LogP contribution in [0.3, 0.4) is 0 Å². The molecular formula is C14H29N3O. The number of nitrogens with two attached hydrogens (primary N) is 1. The van der Waals surface area contributed by atoms with Gasteiger partial charge in [-0.05, 0) is 33.2 Å². The maximum atomic E-state index is 6.17. The smallest absolute Gasteiger partial charge is 0.0670 e. The van der Waals surface area contributed by atoms with Crippen molar-refractivity contribution >= 4 is 0 Å². The molecule has 2 aliphatic rings. The number of piperazine rings is 1. The van der Waals surface area contributed by atoms with Gasteiger partial charge in [0.2, 0.25) is 0 Å². The lowest BCUT2D eigenvalue weighted by Crippen LogP contribution is -2.64. The summed E-state index contributed by atoms with van der Waals surface area (Å²) in [6.07, 6.45) is 3.24. The van der Waals surface area contributed by atoms with Crippen molar-refractivity contribution in [2.75, 3.05) is 46.4 Å². The van der Waals surface area contributed by atoms with Crippen LogP contribution in [0.5, 0.6) is 0 Å². The molecule has 0 aliphatic carbocycles. The monoisotopic (exact) mass is 255 g/mol. The molecule has 0 radical (unpaired) electrons. The predicted molar refractivity (Wildman–Crippen MR) is 74.7 cm³/mol. The van der Waals surface area contributed by atoms with Crippen molar-refractivity contribution in [1.82, 2.24) is 9.80 Å². The molecule has 18 heavy (non-hydrogen) atoms. The summed E-state index contributed by atoms with van der Waals surface area (Å²) in [5.41, 5.74) is 6.35. The summed E-state index contributed by atoms with van der Waals surface area (Å²) in [7, 11) is 2.20. The van der Waals surface area contributed by atoms with Crippen LogP contribution >= 0.6 is 0 Å². The molecule has 0 aromatic heterocycles. The third kappa shape index (κ3) is 2.72. The number of likely N-dealkylation sites (N-methyl/N-ethyl adjacent to an activating group) is 1. The normalized spacial score (nSPS) is 40.0. The van der Waals surface area contributed by atoms with Crippen LogP contribution in [0.1, 0.15) is 33.1 Å². The number of hydrogen-bond donors (Lipinski definition) is 1. The molecule has 0 amide bonds. The standard InChI is InChI=1S/C14H29N3O/c1-4-13(2)11-14(12-15,5-10-18-13)17-8-6-16(3)7-9-17/h4-12,15H2,1-3H3. The van der Waals surface area contributed by atoms with E-state index >= 15 is 0 Å². The Morgan fingerprint density at radius 1 is 1.22 bits per heavy atom. The molecular weight excluding hydrogens is 226 g/mol. The van der Waals surface area contributed by atoms with E-state index in [-0.39, 0.29) is 11.1 Å². The molecule has 0 saturated carbocycles. The zero-order valence-electron chi connectivity index (χ0n) is 12.2. The quantitative estimate of drug-likeness (QED) is 0.814. The van der Waals surface area contributed by atoms with Crippen LogP contribution in [0.25, 0.3) is 0 Å². The molecule has 2 saturated heterocycles. The van der Waals surface area contributed by atoms with E-state index < -0.39 is 0 Å². The van der Waals surface area contributed by atoms with Gasteiger partial charge >= 0.3 is 0 Å². The average Bonchev–Trinajstić information content (AvgIpc) is 2.39. The maximum absolute atomic E-state index is 6.17. The Labute approximate surface area is 111 Å². The van der Waals surface area contributed by atoms with Crippen molar-refractivity contribution in [2.24, 2.45) is 5.73 Å². The van der Waals surface area contributed by atoms with Crippen LogP contribution in [-0.4, -0.2) is 67.3 Å². The lowest BCUT2D eigenvalue weighted by Gasteiger charge is -2.53. The van der Waals surface area contributed by atoms with E-state index in [9.17, 15) is 0 Å². The van der Waals surface area contributed by atoms with E-state index in [0.29, 0.717) is 0 Å². The zero-order valence-corrected chi connectivity index (χ0v) is 12.2. The maximum Gasteiger partial charge on any atom is 0.0670 e. The molecule has 2 heterocycles. The number of ether oxygens (including phenoxy) is 1. The summed E-state index contributed by atoms with van der Waals surface area (Å²) >= 11 is 0. The summed E-state index contributed by atoms with van der Waals surface area (Å²) in [4.78, 5) is 5.03. The van der Waals surface area contributed by atoms with Crippen molar-refractivity contribution in [2.45, 2.75) is 44.2 Å². The van der Waals surface area contributed by atoms with Gasteiger partial charge in [0.15, 0.2) is 0 Å². The fourth-order valence-electron chi connectivity index (χ4n) is 3.40. The SMILES string of the molecule is CCC1(C)CC(CN)(N2CCN(C)CC2)CCO1. The highest BCUT2D eigenvalue weighted by molar-refractivity contribution is 5.01. The summed E-state index contributed by atoms with van der Waals surface area (Å²) in [6.45, 7) is 10.7. The predicted octanol–water partition coefficient (Wildman–Crippen LogP) is 0.910. The first-order chi connectivity index (χ1) is 8.53. The van der Waals surface area contributed by atoms with Crippen LogP contribution in [0.4, 0.5) is 0 Å². The van der Waals surface area contributed by atoms with Crippen molar-refractivity contribution in [3.8, 4) is 0 Å². The highest BCUT2D eigenvalue weighted by atomic mass is 16.5. The van der Waals surface area contributed by atoms with Gasteiger partial charge in [0.25, 0.3) is 0 Å². The third-order valence-corrected chi connectivity index (χ3v) is 5.02. The van der Waals surface area contributed by atoms with Crippen LogP contribution in [0.15, 0.2) is 0 Å². The Morgan fingerprint density at radius 3 is 2.44 bits per heavy atom. The summed E-state index contributed by atoms with van der Waals surface area (Å²) in [6, 6.07) is 0. The van der Waals surface area contributed by atoms with Crippen molar-refractivity contribution in [1.29, 1.82) is 0 Å². The van der Waals surface area contributed by atoms with E-state index in [0.717, 1.165) is 58.6 Å². The molecule has 4 heteroatoms. The molecule has 2 N–H and O–H groups in total. The summed E-state index contributed by atoms with van der Waals surface area (Å²) < 4.78 is 5.99. The minimum atomic E-state index is 0.0149. The van der Waals surface area contributed by atoms with Gasteiger partial charge in [-0.25, -0.2) is 0 Å². The molecule has 4 nitrogen and oxygen atoms in total. The Bertz CT molecular complexity index is 278. The molecule has 106 valence electrons. The lowest BCUT2D eigenvalue weighted by molar-refractivity contribution is -0.133. The van der Waals surface area contributed by atoms with Gasteiger partial charge in [-0.1, -0.05) is 6.92 Å². The third-order valence-electron chi connectivity index (χ3n) is 5.02. The minimum Gasteiger partial charge on any atom is -0.375 e. The Balaban J connectivity index is 2.09. The molecule has 0 aromatic carbocycles. The van der Waals surface area contributed by atoms with Crippen molar-refractivity contribution in [3.63, 3.8) is 0 Å². The van der Waals surface area contributed by atoms with Gasteiger partial charge in [-0.2, -0.15) is 0 Å². The number of rotatable bonds is 3. The second kappa shape index (κ2) is 5.45. The topological polar surface area (TPSA) is 41.7 Å². The Morgan fingerprint density at radius 2 is 1.89 bits per heavy atom. The molecule has 2 unspecified atom stereocenters. The second-order valence-corrected chi connectivity index (χ2v) is 6.30. The summed E-state index contributed by atoms with van der Waals surface area (Å²) in [5, 5.41) is 0. The largest absolute Gasteiger partial charge is 0.375 e. The van der Waals surface area contributed by atoms with Gasteiger partial charge in [-0.3, -0.25) is 4.90 Å². The van der Waals surface area contributed by atoms with Crippen molar-refractivity contribution < 1.29 is 4.74 Å². The first-order valence-corrected chi connectivity index (χ1v) is 7.31. The van der Waals surface area contributed by atoms with Crippen LogP contribution in [-0.2, 0) is 4.74 Å². The van der Waals surface area contributed by atoms with Gasteiger partial charge in [-0.15, -0.1) is 0 Å². The first kappa shape index (κ1) is 14.3. The van der Waals surface area contributed by atoms with Gasteiger partial charge < -0.3 is 15.4 Å². The fraction of sp³-hybridized carbons (Fsp3) is 1.00. The molecule has 2 atom stereocenters. The van der Waals surface area contributed by atoms with Crippen LogP contribution < -0.4 is 5.73 Å². The van der Waals surface area contributed by atoms with E-state index in [1.807, 2.05) is 0 Å². The molecule has 2 rings (SSSR count). The highest BCUT2D eigenvalue weighted by Crippen LogP contribution is 2.38. The minimum absolute atomic E-state index is 0.0149. The average molecular weight is 255 g/mol. The molecule has 0 spiro atoms. The van der Waals surface area contributed by atoms with E-state index in [1.54, 1.807) is 0 Å². The lowest BCUT2D eigenvalue weighted by atomic mass is 9.77. The van der Waals surface area contributed by atoms with Gasteiger partial charge in [0.05, 0.1) is 5.60 Å². The Hall–Kier alpha value is -0.160. The van der Waals surface area contributed by atoms with E-state index in [2.05, 4.69) is 30.7 Å². The first-order valence-electron chi connectivity index (χ1n) is 7.31. The highest BCUT2D eigenvalue weighted by Gasteiger charge is 2.45.